The van der Waals surface area contributed by atoms with Gasteiger partial charge in [-0.05, 0) is 68.0 Å². The normalized spacial score (nSPS) is 13.0. The molecule has 1 amide bonds. The molecule has 0 saturated heterocycles. The number of aromatic nitrogens is 4. The monoisotopic (exact) mass is 423 g/mol. The number of benzene rings is 1. The van der Waals surface area contributed by atoms with Crippen molar-refractivity contribution >= 4 is 23.4 Å². The van der Waals surface area contributed by atoms with E-state index in [0.29, 0.717) is 24.0 Å². The fourth-order valence-corrected chi connectivity index (χ4v) is 4.38. The number of rotatable bonds is 8. The molecule has 8 heteroatoms. The van der Waals surface area contributed by atoms with E-state index in [4.69, 9.17) is 4.74 Å². The van der Waals surface area contributed by atoms with Crippen molar-refractivity contribution in [2.24, 2.45) is 0 Å². The summed E-state index contributed by atoms with van der Waals surface area (Å²) in [6, 6.07) is 9.96. The molecule has 2 aromatic heterocycles. The molecule has 0 atom stereocenters. The summed E-state index contributed by atoms with van der Waals surface area (Å²) in [4.78, 5) is 16.2. The number of amides is 1. The Morgan fingerprint density at radius 2 is 2.07 bits per heavy atom. The van der Waals surface area contributed by atoms with Gasteiger partial charge in [-0.15, -0.1) is 10.2 Å². The standard InChI is InChI=1S/C22H25N5O2S/c1-2-27-20(14-29-19-10-9-16-6-3-4-7-17(16)12-19)25-26-22(27)30-15-21(28)24-18-8-5-11-23-13-18/h5,8-13H,2-4,6-7,14-15H2,1H3,(H,24,28). The van der Waals surface area contributed by atoms with Gasteiger partial charge in [0.15, 0.2) is 11.0 Å². The van der Waals surface area contributed by atoms with E-state index < -0.39 is 0 Å². The lowest BCUT2D eigenvalue weighted by atomic mass is 9.92. The van der Waals surface area contributed by atoms with Gasteiger partial charge in [0.2, 0.25) is 5.91 Å². The number of pyridine rings is 1. The number of hydrogen-bond donors (Lipinski definition) is 1. The number of carbonyl (C=O) groups excluding carboxylic acids is 1. The number of hydrogen-bond acceptors (Lipinski definition) is 6. The Kier molecular flexibility index (Phi) is 6.63. The molecule has 1 aromatic carbocycles. The first-order valence-electron chi connectivity index (χ1n) is 10.2. The summed E-state index contributed by atoms with van der Waals surface area (Å²) in [5, 5.41) is 12.1. The quantitative estimate of drug-likeness (QED) is 0.554. The first-order valence-corrected chi connectivity index (χ1v) is 11.2. The van der Waals surface area contributed by atoms with Gasteiger partial charge in [-0.2, -0.15) is 0 Å². The minimum atomic E-state index is -0.106. The van der Waals surface area contributed by atoms with Gasteiger partial charge in [0, 0.05) is 12.7 Å². The number of ether oxygens (including phenoxy) is 1. The number of nitrogens with one attached hydrogen (secondary N) is 1. The molecule has 1 aliphatic rings. The van der Waals surface area contributed by atoms with Gasteiger partial charge in [0.05, 0.1) is 17.6 Å². The lowest BCUT2D eigenvalue weighted by molar-refractivity contribution is -0.113. The van der Waals surface area contributed by atoms with E-state index in [0.717, 1.165) is 24.4 Å². The van der Waals surface area contributed by atoms with Crippen LogP contribution in [0.15, 0.2) is 47.9 Å². The Labute approximate surface area is 180 Å². The van der Waals surface area contributed by atoms with Crippen LogP contribution in [0.3, 0.4) is 0 Å². The summed E-state index contributed by atoms with van der Waals surface area (Å²) >= 11 is 1.36. The molecule has 0 radical (unpaired) electrons. The average Bonchev–Trinajstić information content (AvgIpc) is 3.18. The van der Waals surface area contributed by atoms with Gasteiger partial charge in [0.25, 0.3) is 0 Å². The molecule has 0 unspecified atom stereocenters. The zero-order valence-corrected chi connectivity index (χ0v) is 17.8. The molecule has 1 N–H and O–H groups in total. The molecular formula is C22H25N5O2S. The molecule has 2 heterocycles. The molecule has 1 aliphatic carbocycles. The number of carbonyl (C=O) groups is 1. The second-order valence-corrected chi connectivity index (χ2v) is 8.09. The van der Waals surface area contributed by atoms with E-state index in [-0.39, 0.29) is 11.7 Å². The molecule has 0 saturated carbocycles. The van der Waals surface area contributed by atoms with Crippen LogP contribution < -0.4 is 10.1 Å². The fourth-order valence-electron chi connectivity index (χ4n) is 3.56. The van der Waals surface area contributed by atoms with Crippen LogP contribution in [-0.4, -0.2) is 31.4 Å². The maximum atomic E-state index is 12.2. The summed E-state index contributed by atoms with van der Waals surface area (Å²) in [6.45, 7) is 3.09. The summed E-state index contributed by atoms with van der Waals surface area (Å²) in [5.41, 5.74) is 3.51. The van der Waals surface area contributed by atoms with Crippen molar-refractivity contribution in [1.82, 2.24) is 19.7 Å². The first kappa shape index (κ1) is 20.4. The van der Waals surface area contributed by atoms with Gasteiger partial charge in [-0.25, -0.2) is 0 Å². The third-order valence-corrected chi connectivity index (χ3v) is 6.04. The van der Waals surface area contributed by atoms with E-state index in [9.17, 15) is 4.79 Å². The van der Waals surface area contributed by atoms with E-state index >= 15 is 0 Å². The minimum Gasteiger partial charge on any atom is -0.486 e. The number of aryl methyl sites for hydroxylation is 2. The van der Waals surface area contributed by atoms with Crippen molar-refractivity contribution in [3.8, 4) is 5.75 Å². The topological polar surface area (TPSA) is 81.9 Å². The predicted molar refractivity (Wildman–Crippen MR) is 117 cm³/mol. The van der Waals surface area contributed by atoms with Gasteiger partial charge in [-0.3, -0.25) is 9.78 Å². The summed E-state index contributed by atoms with van der Waals surface area (Å²) < 4.78 is 7.99. The molecule has 0 spiro atoms. The van der Waals surface area contributed by atoms with Gasteiger partial charge in [0.1, 0.15) is 12.4 Å². The highest BCUT2D eigenvalue weighted by Crippen LogP contribution is 2.26. The Bertz CT molecular complexity index is 1010. The van der Waals surface area contributed by atoms with Crippen LogP contribution in [0.4, 0.5) is 5.69 Å². The SMILES string of the molecule is CCn1c(COc2ccc3c(c2)CCCC3)nnc1SCC(=O)Nc1cccnc1. The minimum absolute atomic E-state index is 0.106. The molecule has 3 aromatic rings. The Morgan fingerprint density at radius 3 is 2.87 bits per heavy atom. The third kappa shape index (κ3) is 4.99. The van der Waals surface area contributed by atoms with Crippen LogP contribution in [0, 0.1) is 0 Å². The molecular weight excluding hydrogens is 398 g/mol. The van der Waals surface area contributed by atoms with E-state index in [1.54, 1.807) is 24.5 Å². The molecule has 30 heavy (non-hydrogen) atoms. The second-order valence-electron chi connectivity index (χ2n) is 7.15. The van der Waals surface area contributed by atoms with Crippen LogP contribution in [-0.2, 0) is 30.8 Å². The van der Waals surface area contributed by atoms with Crippen LogP contribution in [0.25, 0.3) is 0 Å². The molecule has 0 bridgehead atoms. The van der Waals surface area contributed by atoms with Crippen LogP contribution >= 0.6 is 11.8 Å². The van der Waals surface area contributed by atoms with Crippen molar-refractivity contribution in [3.63, 3.8) is 0 Å². The molecule has 0 fully saturated rings. The largest absolute Gasteiger partial charge is 0.486 e. The zero-order valence-electron chi connectivity index (χ0n) is 17.0. The van der Waals surface area contributed by atoms with Crippen molar-refractivity contribution < 1.29 is 9.53 Å². The number of anilines is 1. The third-order valence-electron chi connectivity index (χ3n) is 5.08. The highest BCUT2D eigenvalue weighted by molar-refractivity contribution is 7.99. The van der Waals surface area contributed by atoms with Crippen molar-refractivity contribution in [2.45, 2.75) is 50.9 Å². The van der Waals surface area contributed by atoms with Crippen molar-refractivity contribution in [1.29, 1.82) is 0 Å². The lowest BCUT2D eigenvalue weighted by Gasteiger charge is -2.16. The van der Waals surface area contributed by atoms with Crippen LogP contribution in [0.2, 0.25) is 0 Å². The van der Waals surface area contributed by atoms with E-state index in [2.05, 4.69) is 32.6 Å². The fraction of sp³-hybridized carbons (Fsp3) is 0.364. The Balaban J connectivity index is 1.34. The van der Waals surface area contributed by atoms with E-state index in [1.165, 1.54) is 35.7 Å². The second kappa shape index (κ2) is 9.75. The van der Waals surface area contributed by atoms with Gasteiger partial charge >= 0.3 is 0 Å². The smallest absolute Gasteiger partial charge is 0.234 e. The highest BCUT2D eigenvalue weighted by atomic mass is 32.2. The zero-order chi connectivity index (χ0) is 20.8. The summed E-state index contributed by atoms with van der Waals surface area (Å²) in [5.74, 6) is 1.76. The highest BCUT2D eigenvalue weighted by Gasteiger charge is 2.15. The maximum absolute atomic E-state index is 12.2. The maximum Gasteiger partial charge on any atom is 0.234 e. The molecule has 156 valence electrons. The number of thioether (sulfide) groups is 1. The van der Waals surface area contributed by atoms with Crippen molar-refractivity contribution in [3.05, 3.63) is 59.7 Å². The van der Waals surface area contributed by atoms with E-state index in [1.807, 2.05) is 17.6 Å². The predicted octanol–water partition coefficient (Wildman–Crippen LogP) is 3.88. The van der Waals surface area contributed by atoms with Crippen LogP contribution in [0.5, 0.6) is 5.75 Å². The molecule has 0 aliphatic heterocycles. The number of fused-ring (bicyclic) bond motifs is 1. The Hall–Kier alpha value is -2.87. The first-order chi connectivity index (χ1) is 14.7. The Morgan fingerprint density at radius 1 is 1.20 bits per heavy atom. The lowest BCUT2D eigenvalue weighted by Crippen LogP contribution is -2.15. The molecule has 4 rings (SSSR count). The van der Waals surface area contributed by atoms with Crippen LogP contribution in [0.1, 0.15) is 36.7 Å². The van der Waals surface area contributed by atoms with Gasteiger partial charge in [-0.1, -0.05) is 17.8 Å². The average molecular weight is 424 g/mol. The molecule has 7 nitrogen and oxygen atoms in total. The summed E-state index contributed by atoms with van der Waals surface area (Å²) in [6.07, 6.45) is 8.09. The summed E-state index contributed by atoms with van der Waals surface area (Å²) in [7, 11) is 0. The van der Waals surface area contributed by atoms with Gasteiger partial charge < -0.3 is 14.6 Å². The number of nitrogens with zero attached hydrogens (tertiary/aromatic N) is 4. The van der Waals surface area contributed by atoms with Crippen molar-refractivity contribution in [2.75, 3.05) is 11.1 Å².